The molecular weight excluding hydrogens is 258 g/mol. The molecule has 1 heterocycles. The Labute approximate surface area is 106 Å². The Hall–Kier alpha value is -1.44. The Kier molecular flexibility index (Phi) is 4.83. The average Bonchev–Trinajstić information content (AvgIpc) is 2.70. The summed E-state index contributed by atoms with van der Waals surface area (Å²) in [5.74, 6) is -1.12. The molecule has 0 bridgehead atoms. The number of sulfone groups is 1. The first-order valence-corrected chi connectivity index (χ1v) is 7.59. The third-order valence-electron chi connectivity index (χ3n) is 2.58. The molecule has 0 spiro atoms. The van der Waals surface area contributed by atoms with Gasteiger partial charge in [-0.15, -0.1) is 5.10 Å². The van der Waals surface area contributed by atoms with Crippen LogP contribution in [0.2, 0.25) is 0 Å². The Morgan fingerprint density at radius 2 is 2.06 bits per heavy atom. The van der Waals surface area contributed by atoms with Gasteiger partial charge >= 0.3 is 5.97 Å². The number of carbonyl (C=O) groups is 1. The minimum atomic E-state index is -3.10. The van der Waals surface area contributed by atoms with Gasteiger partial charge in [0.2, 0.25) is 0 Å². The summed E-state index contributed by atoms with van der Waals surface area (Å²) in [5, 5.41) is 16.2. The zero-order chi connectivity index (χ0) is 13.8. The lowest BCUT2D eigenvalue weighted by molar-refractivity contribution is 0.0689. The van der Waals surface area contributed by atoms with Crippen molar-refractivity contribution in [3.8, 4) is 0 Å². The fraction of sp³-hybridized carbons (Fsp3) is 0.700. The van der Waals surface area contributed by atoms with E-state index in [0.29, 0.717) is 12.1 Å². The lowest BCUT2D eigenvalue weighted by atomic mass is 10.2. The highest BCUT2D eigenvalue weighted by Gasteiger charge is 2.19. The van der Waals surface area contributed by atoms with Crippen molar-refractivity contribution in [2.75, 3.05) is 11.5 Å². The van der Waals surface area contributed by atoms with E-state index in [9.17, 15) is 13.2 Å². The van der Waals surface area contributed by atoms with Crippen LogP contribution in [0, 0.1) is 0 Å². The van der Waals surface area contributed by atoms with E-state index in [2.05, 4.69) is 10.3 Å². The van der Waals surface area contributed by atoms with Gasteiger partial charge in [0, 0.05) is 5.75 Å². The van der Waals surface area contributed by atoms with Crippen LogP contribution in [0.3, 0.4) is 0 Å². The van der Waals surface area contributed by atoms with Gasteiger partial charge in [0.25, 0.3) is 0 Å². The number of nitrogens with zero attached hydrogens (tertiary/aromatic N) is 3. The van der Waals surface area contributed by atoms with Gasteiger partial charge in [-0.2, -0.15) is 0 Å². The van der Waals surface area contributed by atoms with Crippen molar-refractivity contribution >= 4 is 15.8 Å². The van der Waals surface area contributed by atoms with Gasteiger partial charge in [0.1, 0.15) is 0 Å². The third kappa shape index (κ3) is 3.52. The van der Waals surface area contributed by atoms with Crippen LogP contribution in [0.4, 0.5) is 0 Å². The molecule has 1 aromatic heterocycles. The van der Waals surface area contributed by atoms with Crippen LogP contribution in [0.15, 0.2) is 0 Å². The molecule has 0 radical (unpaired) electrons. The summed E-state index contributed by atoms with van der Waals surface area (Å²) in [6.07, 6.45) is 1.26. The second-order valence-corrected chi connectivity index (χ2v) is 6.37. The van der Waals surface area contributed by atoms with Crippen LogP contribution >= 0.6 is 0 Å². The van der Waals surface area contributed by atoms with Crippen LogP contribution in [0.25, 0.3) is 0 Å². The van der Waals surface area contributed by atoms with Crippen molar-refractivity contribution in [2.24, 2.45) is 0 Å². The van der Waals surface area contributed by atoms with Crippen molar-refractivity contribution in [3.63, 3.8) is 0 Å². The van der Waals surface area contributed by atoms with Gasteiger partial charge in [0.15, 0.2) is 15.5 Å². The van der Waals surface area contributed by atoms with Crippen LogP contribution in [0.1, 0.15) is 36.5 Å². The maximum atomic E-state index is 11.4. The van der Waals surface area contributed by atoms with Crippen molar-refractivity contribution in [1.29, 1.82) is 0 Å². The van der Waals surface area contributed by atoms with Gasteiger partial charge in [-0.25, -0.2) is 17.9 Å². The summed E-state index contributed by atoms with van der Waals surface area (Å²) in [5.41, 5.74) is 0.391. The SMILES string of the molecule is CCCc1c(C(=O)O)nnn1CCS(=O)(=O)CC. The fourth-order valence-corrected chi connectivity index (χ4v) is 2.27. The molecule has 0 saturated carbocycles. The Bertz CT molecular complexity index is 521. The van der Waals surface area contributed by atoms with E-state index in [1.54, 1.807) is 6.92 Å². The van der Waals surface area contributed by atoms with Crippen LogP contribution in [-0.4, -0.2) is 46.0 Å². The molecule has 0 atom stereocenters. The minimum absolute atomic E-state index is 0.0529. The zero-order valence-corrected chi connectivity index (χ0v) is 11.3. The quantitative estimate of drug-likeness (QED) is 0.771. The second kappa shape index (κ2) is 5.94. The van der Waals surface area contributed by atoms with Gasteiger partial charge in [0.05, 0.1) is 18.0 Å². The van der Waals surface area contributed by atoms with E-state index >= 15 is 0 Å². The molecule has 8 heteroatoms. The normalized spacial score (nSPS) is 11.7. The maximum absolute atomic E-state index is 11.4. The van der Waals surface area contributed by atoms with Crippen LogP contribution < -0.4 is 0 Å². The van der Waals surface area contributed by atoms with E-state index < -0.39 is 15.8 Å². The molecular formula is C10H17N3O4S. The summed E-state index contributed by atoms with van der Waals surface area (Å²) in [6.45, 7) is 3.63. The monoisotopic (exact) mass is 275 g/mol. The van der Waals surface area contributed by atoms with Crippen molar-refractivity contribution < 1.29 is 18.3 Å². The molecule has 0 aromatic carbocycles. The summed E-state index contributed by atoms with van der Waals surface area (Å²) in [7, 11) is -3.10. The molecule has 1 rings (SSSR count). The average molecular weight is 275 g/mol. The van der Waals surface area contributed by atoms with Crippen molar-refractivity contribution in [2.45, 2.75) is 33.2 Å². The molecule has 0 aliphatic rings. The number of carboxylic acid groups (broad SMARTS) is 1. The van der Waals surface area contributed by atoms with E-state index in [1.807, 2.05) is 6.92 Å². The third-order valence-corrected chi connectivity index (χ3v) is 4.27. The number of rotatable bonds is 7. The summed E-state index contributed by atoms with van der Waals surface area (Å²) in [4.78, 5) is 10.9. The highest BCUT2D eigenvalue weighted by Crippen LogP contribution is 2.09. The Balaban J connectivity index is 2.92. The molecule has 102 valence electrons. The number of aromatic carboxylic acids is 1. The summed E-state index contributed by atoms with van der Waals surface area (Å²) < 4.78 is 24.2. The minimum Gasteiger partial charge on any atom is -0.476 e. The van der Waals surface area contributed by atoms with E-state index in [-0.39, 0.29) is 23.7 Å². The van der Waals surface area contributed by atoms with Crippen molar-refractivity contribution in [3.05, 3.63) is 11.4 Å². The predicted molar refractivity (Wildman–Crippen MR) is 65.3 cm³/mol. The highest BCUT2D eigenvalue weighted by molar-refractivity contribution is 7.91. The first kappa shape index (κ1) is 14.6. The van der Waals surface area contributed by atoms with Crippen LogP contribution in [-0.2, 0) is 22.8 Å². The highest BCUT2D eigenvalue weighted by atomic mass is 32.2. The molecule has 0 unspecified atom stereocenters. The summed E-state index contributed by atoms with van der Waals surface area (Å²) in [6, 6.07) is 0. The molecule has 0 aliphatic heterocycles. The van der Waals surface area contributed by atoms with Crippen molar-refractivity contribution in [1.82, 2.24) is 15.0 Å². The molecule has 1 N–H and O–H groups in total. The lowest BCUT2D eigenvalue weighted by Gasteiger charge is -2.06. The molecule has 0 amide bonds. The summed E-state index contributed by atoms with van der Waals surface area (Å²) >= 11 is 0. The molecule has 7 nitrogen and oxygen atoms in total. The zero-order valence-electron chi connectivity index (χ0n) is 10.5. The lowest BCUT2D eigenvalue weighted by Crippen LogP contribution is -2.17. The predicted octanol–water partition coefficient (Wildman–Crippen LogP) is 0.364. The molecule has 0 aliphatic carbocycles. The van der Waals surface area contributed by atoms with Gasteiger partial charge in [-0.3, -0.25) is 0 Å². The first-order chi connectivity index (χ1) is 8.41. The number of aryl methyl sites for hydroxylation is 1. The Morgan fingerprint density at radius 3 is 2.56 bits per heavy atom. The maximum Gasteiger partial charge on any atom is 0.358 e. The van der Waals surface area contributed by atoms with Crippen LogP contribution in [0.5, 0.6) is 0 Å². The first-order valence-electron chi connectivity index (χ1n) is 5.77. The number of hydrogen-bond acceptors (Lipinski definition) is 5. The molecule has 0 fully saturated rings. The molecule has 18 heavy (non-hydrogen) atoms. The smallest absolute Gasteiger partial charge is 0.358 e. The fourth-order valence-electron chi connectivity index (χ4n) is 1.53. The topological polar surface area (TPSA) is 102 Å². The van der Waals surface area contributed by atoms with Gasteiger partial charge in [-0.05, 0) is 6.42 Å². The molecule has 1 aromatic rings. The number of carboxylic acids is 1. The molecule has 0 saturated heterocycles. The van der Waals surface area contributed by atoms with Gasteiger partial charge in [-0.1, -0.05) is 25.5 Å². The number of hydrogen-bond donors (Lipinski definition) is 1. The van der Waals surface area contributed by atoms with E-state index in [1.165, 1.54) is 4.68 Å². The Morgan fingerprint density at radius 1 is 1.39 bits per heavy atom. The van der Waals surface area contributed by atoms with Gasteiger partial charge < -0.3 is 5.11 Å². The largest absolute Gasteiger partial charge is 0.476 e. The van der Waals surface area contributed by atoms with E-state index in [0.717, 1.165) is 6.42 Å². The second-order valence-electron chi connectivity index (χ2n) is 3.90. The number of aromatic nitrogens is 3. The van der Waals surface area contributed by atoms with E-state index in [4.69, 9.17) is 5.11 Å². The standard InChI is InChI=1S/C10H17N3O4S/c1-3-5-8-9(10(14)15)11-12-13(8)6-7-18(16,17)4-2/h3-7H2,1-2H3,(H,14,15).